The monoisotopic (exact) mass is 277 g/mol. The number of rotatable bonds is 4. The molecule has 0 aliphatic carbocycles. The van der Waals surface area contributed by atoms with Gasteiger partial charge in [0.1, 0.15) is 0 Å². The minimum absolute atomic E-state index is 0.0683. The number of nitrogens with one attached hydrogen (secondary N) is 1. The first-order chi connectivity index (χ1) is 9.15. The van der Waals surface area contributed by atoms with Crippen molar-refractivity contribution in [1.29, 1.82) is 0 Å². The maximum atomic E-state index is 11.9. The number of carbonyl (C=O) groups excluding carboxylic acids is 1. The molecule has 19 heavy (non-hydrogen) atoms. The molecule has 0 radical (unpaired) electrons. The fourth-order valence-corrected chi connectivity index (χ4v) is 2.98. The summed E-state index contributed by atoms with van der Waals surface area (Å²) in [7, 11) is 0. The molecule has 4 nitrogen and oxygen atoms in total. The minimum Gasteiger partial charge on any atom is -0.478 e. The van der Waals surface area contributed by atoms with Gasteiger partial charge in [0.2, 0.25) is 0 Å². The van der Waals surface area contributed by atoms with Crippen molar-refractivity contribution in [3.05, 3.63) is 41.5 Å². The Hall–Kier alpha value is -1.75. The highest BCUT2D eigenvalue weighted by molar-refractivity contribution is 7.99. The van der Waals surface area contributed by atoms with Crippen LogP contribution < -0.4 is 5.32 Å². The minimum atomic E-state index is -0.986. The first-order valence-electron chi connectivity index (χ1n) is 6.05. The van der Waals surface area contributed by atoms with E-state index in [1.807, 2.05) is 11.8 Å². The molecule has 1 aromatic carbocycles. The molecule has 1 atom stereocenters. The Balaban J connectivity index is 1.97. The molecule has 100 valence electrons. The molecule has 2 N–H and O–H groups in total. The molecule has 1 unspecified atom stereocenters. The van der Waals surface area contributed by atoms with Gasteiger partial charge in [0.05, 0.1) is 0 Å². The number of hydrogen-bond acceptors (Lipinski definition) is 3. The van der Waals surface area contributed by atoms with Crippen LogP contribution in [-0.4, -0.2) is 34.5 Å². The Kier molecular flexibility index (Phi) is 4.63. The van der Waals surface area contributed by atoms with E-state index in [1.54, 1.807) is 24.3 Å². The van der Waals surface area contributed by atoms with E-state index in [-0.39, 0.29) is 11.9 Å². The molecular weight excluding hydrogens is 262 g/mol. The van der Waals surface area contributed by atoms with Crippen LogP contribution in [-0.2, 0) is 4.79 Å². The second-order valence-corrected chi connectivity index (χ2v) is 5.48. The van der Waals surface area contributed by atoms with Crippen molar-refractivity contribution >= 4 is 29.7 Å². The molecular formula is C14H15NO3S. The quantitative estimate of drug-likeness (QED) is 0.826. The second-order valence-electron chi connectivity index (χ2n) is 4.33. The van der Waals surface area contributed by atoms with Gasteiger partial charge >= 0.3 is 5.97 Å². The lowest BCUT2D eigenvalue weighted by Crippen LogP contribution is -2.34. The largest absolute Gasteiger partial charge is 0.478 e. The number of benzene rings is 1. The first-order valence-corrected chi connectivity index (χ1v) is 7.20. The highest BCUT2D eigenvalue weighted by atomic mass is 32.2. The van der Waals surface area contributed by atoms with Gasteiger partial charge in [-0.2, -0.15) is 11.8 Å². The molecule has 1 amide bonds. The van der Waals surface area contributed by atoms with Crippen LogP contribution in [0.3, 0.4) is 0 Å². The van der Waals surface area contributed by atoms with Gasteiger partial charge < -0.3 is 10.4 Å². The summed E-state index contributed by atoms with van der Waals surface area (Å²) in [5.41, 5.74) is 1.36. The molecule has 0 saturated carbocycles. The van der Waals surface area contributed by atoms with Crippen molar-refractivity contribution < 1.29 is 14.7 Å². The van der Waals surface area contributed by atoms with E-state index in [0.717, 1.165) is 29.6 Å². The number of carboxylic acid groups (broad SMARTS) is 1. The van der Waals surface area contributed by atoms with E-state index in [2.05, 4.69) is 5.32 Å². The van der Waals surface area contributed by atoms with E-state index in [9.17, 15) is 9.59 Å². The number of hydrogen-bond donors (Lipinski definition) is 2. The Morgan fingerprint density at radius 1 is 1.32 bits per heavy atom. The van der Waals surface area contributed by atoms with Crippen molar-refractivity contribution in [2.24, 2.45) is 0 Å². The molecule has 1 aromatic rings. The van der Waals surface area contributed by atoms with E-state index >= 15 is 0 Å². The van der Waals surface area contributed by atoms with Gasteiger partial charge in [-0.3, -0.25) is 4.79 Å². The second kappa shape index (κ2) is 6.43. The summed E-state index contributed by atoms with van der Waals surface area (Å²) in [6.07, 6.45) is 3.60. The van der Waals surface area contributed by atoms with Crippen LogP contribution in [0.25, 0.3) is 6.08 Å². The van der Waals surface area contributed by atoms with E-state index in [4.69, 9.17) is 5.11 Å². The lowest BCUT2D eigenvalue weighted by molar-refractivity contribution is -0.131. The molecule has 0 spiro atoms. The SMILES string of the molecule is O=C(O)/C=C/c1ccc(C(=O)NC2CCSC2)cc1. The molecule has 2 rings (SSSR count). The fraction of sp³-hybridized carbons (Fsp3) is 0.286. The Morgan fingerprint density at radius 3 is 2.63 bits per heavy atom. The molecule has 1 aliphatic heterocycles. The molecule has 1 heterocycles. The molecule has 1 fully saturated rings. The molecule has 1 saturated heterocycles. The molecule has 5 heteroatoms. The number of aliphatic carboxylic acids is 1. The van der Waals surface area contributed by atoms with Gasteiger partial charge in [-0.25, -0.2) is 4.79 Å². The van der Waals surface area contributed by atoms with Gasteiger partial charge in [-0.05, 0) is 35.9 Å². The summed E-state index contributed by atoms with van der Waals surface area (Å²) in [5, 5.41) is 11.5. The van der Waals surface area contributed by atoms with Crippen LogP contribution in [0, 0.1) is 0 Å². The topological polar surface area (TPSA) is 66.4 Å². The highest BCUT2D eigenvalue weighted by Gasteiger charge is 2.18. The van der Waals surface area contributed by atoms with Gasteiger partial charge in [0, 0.05) is 23.4 Å². The third-order valence-electron chi connectivity index (χ3n) is 2.86. The van der Waals surface area contributed by atoms with Crippen LogP contribution in [0.2, 0.25) is 0 Å². The lowest BCUT2D eigenvalue weighted by Gasteiger charge is -2.11. The van der Waals surface area contributed by atoms with E-state index in [0.29, 0.717) is 5.56 Å². The van der Waals surface area contributed by atoms with Crippen LogP contribution >= 0.6 is 11.8 Å². The smallest absolute Gasteiger partial charge is 0.328 e. The predicted octanol–water partition coefficient (Wildman–Crippen LogP) is 2.02. The number of carboxylic acids is 1. The maximum Gasteiger partial charge on any atom is 0.328 e. The highest BCUT2D eigenvalue weighted by Crippen LogP contribution is 2.17. The standard InChI is InChI=1S/C14H15NO3S/c16-13(17)6-3-10-1-4-11(5-2-10)14(18)15-12-7-8-19-9-12/h1-6,12H,7-9H2,(H,15,18)(H,16,17)/b6-3+. The van der Waals surface area contributed by atoms with Crippen molar-refractivity contribution in [3.8, 4) is 0 Å². The third kappa shape index (κ3) is 4.13. The summed E-state index contributed by atoms with van der Waals surface area (Å²) in [6, 6.07) is 7.15. The predicted molar refractivity (Wildman–Crippen MR) is 76.3 cm³/mol. The van der Waals surface area contributed by atoms with Gasteiger partial charge in [0.25, 0.3) is 5.91 Å². The van der Waals surface area contributed by atoms with Gasteiger partial charge in [0.15, 0.2) is 0 Å². The number of thioether (sulfide) groups is 1. The maximum absolute atomic E-state index is 11.9. The average Bonchev–Trinajstić information content (AvgIpc) is 2.89. The average molecular weight is 277 g/mol. The van der Waals surface area contributed by atoms with Crippen LogP contribution in [0.1, 0.15) is 22.3 Å². The zero-order chi connectivity index (χ0) is 13.7. The van der Waals surface area contributed by atoms with Crippen LogP contribution in [0.5, 0.6) is 0 Å². The summed E-state index contributed by atoms with van der Waals surface area (Å²) in [6.45, 7) is 0. The molecule has 1 aliphatic rings. The Morgan fingerprint density at radius 2 is 2.05 bits per heavy atom. The molecule has 0 bridgehead atoms. The first kappa shape index (κ1) is 13.7. The summed E-state index contributed by atoms with van der Waals surface area (Å²) in [4.78, 5) is 22.3. The van der Waals surface area contributed by atoms with Crippen molar-refractivity contribution in [2.45, 2.75) is 12.5 Å². The van der Waals surface area contributed by atoms with Crippen LogP contribution in [0.15, 0.2) is 30.3 Å². The van der Waals surface area contributed by atoms with Gasteiger partial charge in [-0.1, -0.05) is 12.1 Å². The van der Waals surface area contributed by atoms with E-state index in [1.165, 1.54) is 6.08 Å². The van der Waals surface area contributed by atoms with Crippen molar-refractivity contribution in [3.63, 3.8) is 0 Å². The zero-order valence-corrected chi connectivity index (χ0v) is 11.2. The number of amides is 1. The third-order valence-corrected chi connectivity index (χ3v) is 4.02. The normalized spacial score (nSPS) is 18.6. The Labute approximate surface area is 115 Å². The van der Waals surface area contributed by atoms with E-state index < -0.39 is 5.97 Å². The summed E-state index contributed by atoms with van der Waals surface area (Å²) >= 11 is 1.85. The Bertz CT molecular complexity index is 490. The zero-order valence-electron chi connectivity index (χ0n) is 10.3. The molecule has 0 aromatic heterocycles. The lowest BCUT2D eigenvalue weighted by atomic mass is 10.1. The summed E-state index contributed by atoms with van der Waals surface area (Å²) < 4.78 is 0. The van der Waals surface area contributed by atoms with Gasteiger partial charge in [-0.15, -0.1) is 0 Å². The van der Waals surface area contributed by atoms with Crippen LogP contribution in [0.4, 0.5) is 0 Å². The van der Waals surface area contributed by atoms with Crippen molar-refractivity contribution in [1.82, 2.24) is 5.32 Å². The van der Waals surface area contributed by atoms with Crippen molar-refractivity contribution in [2.75, 3.05) is 11.5 Å². The number of carbonyl (C=O) groups is 2. The summed E-state index contributed by atoms with van der Waals surface area (Å²) in [5.74, 6) is 1.02. The fourth-order valence-electron chi connectivity index (χ4n) is 1.83.